The number of unbranched alkanes of at least 4 members (excludes halogenated alkanes) is 1. The van der Waals surface area contributed by atoms with Crippen molar-refractivity contribution in [2.45, 2.75) is 89.1 Å². The number of benzene rings is 1. The van der Waals surface area contributed by atoms with Gasteiger partial charge < -0.3 is 25.3 Å². The molecule has 0 saturated heterocycles. The topological polar surface area (TPSA) is 109 Å². The number of rotatable bonds is 11. The predicted molar refractivity (Wildman–Crippen MR) is 145 cm³/mol. The number of carbonyl (C=O) groups is 3. The molecule has 2 amide bonds. The van der Waals surface area contributed by atoms with E-state index in [2.05, 4.69) is 9.88 Å². The summed E-state index contributed by atoms with van der Waals surface area (Å²) in [4.78, 5) is 47.5. The standard InChI is InChI=1S/C29H42N4O4/c1-37-23-14-15-24-25(19-31-26(24)18-23)28(35)29(36)32(17-9-8-16-30)20-27(34)33(21-10-4-2-5-11-21)22-12-6-3-7-13-22/h14-15,18-19,21-22,31H,2-13,16-17,20,30H2,1H3. The summed E-state index contributed by atoms with van der Waals surface area (Å²) in [6.07, 6.45) is 14.1. The second kappa shape index (κ2) is 13.1. The summed E-state index contributed by atoms with van der Waals surface area (Å²) < 4.78 is 5.27. The van der Waals surface area contributed by atoms with E-state index < -0.39 is 11.7 Å². The van der Waals surface area contributed by atoms with E-state index >= 15 is 0 Å². The van der Waals surface area contributed by atoms with E-state index in [1.807, 2.05) is 0 Å². The van der Waals surface area contributed by atoms with Gasteiger partial charge in [-0.05, 0) is 57.2 Å². The van der Waals surface area contributed by atoms with Crippen molar-refractivity contribution in [3.8, 4) is 5.75 Å². The van der Waals surface area contributed by atoms with E-state index in [9.17, 15) is 14.4 Å². The SMILES string of the molecule is COc1ccc2c(C(=O)C(=O)N(CCCCN)CC(=O)N(C3CCCCC3)C3CCCCC3)c[nH]c2c1. The third-order valence-corrected chi connectivity index (χ3v) is 8.05. The van der Waals surface area contributed by atoms with Crippen molar-refractivity contribution >= 4 is 28.5 Å². The predicted octanol–water partition coefficient (Wildman–Crippen LogP) is 4.42. The van der Waals surface area contributed by atoms with Crippen LogP contribution in [0.15, 0.2) is 24.4 Å². The molecule has 8 heteroatoms. The molecule has 1 aromatic carbocycles. The maximum absolute atomic E-state index is 13.9. The summed E-state index contributed by atoms with van der Waals surface area (Å²) in [6, 6.07) is 5.83. The Morgan fingerprint density at radius 3 is 2.22 bits per heavy atom. The Balaban J connectivity index is 1.54. The number of methoxy groups -OCH3 is 1. The molecule has 0 unspecified atom stereocenters. The lowest BCUT2D eigenvalue weighted by Gasteiger charge is -2.42. The van der Waals surface area contributed by atoms with Crippen LogP contribution in [0.4, 0.5) is 0 Å². The van der Waals surface area contributed by atoms with E-state index in [-0.39, 0.29) is 24.5 Å². The molecule has 202 valence electrons. The molecule has 2 aliphatic rings. The first kappa shape index (κ1) is 27.2. The molecular weight excluding hydrogens is 468 g/mol. The second-order valence-electron chi connectivity index (χ2n) is 10.6. The van der Waals surface area contributed by atoms with Crippen molar-refractivity contribution < 1.29 is 19.1 Å². The summed E-state index contributed by atoms with van der Waals surface area (Å²) in [5.74, 6) is -0.580. The number of ether oxygens (including phenoxy) is 1. The first-order chi connectivity index (χ1) is 18.0. The minimum absolute atomic E-state index is 0.0173. The van der Waals surface area contributed by atoms with Crippen molar-refractivity contribution in [3.63, 3.8) is 0 Å². The number of hydrogen-bond acceptors (Lipinski definition) is 5. The highest BCUT2D eigenvalue weighted by atomic mass is 16.5. The minimum atomic E-state index is -0.630. The van der Waals surface area contributed by atoms with Crippen LogP contribution in [0.1, 0.15) is 87.4 Å². The molecule has 3 N–H and O–H groups in total. The van der Waals surface area contributed by atoms with E-state index in [1.165, 1.54) is 17.7 Å². The number of nitrogens with one attached hydrogen (secondary N) is 1. The normalized spacial score (nSPS) is 17.0. The van der Waals surface area contributed by atoms with Crippen LogP contribution < -0.4 is 10.5 Å². The monoisotopic (exact) mass is 510 g/mol. The van der Waals surface area contributed by atoms with Gasteiger partial charge in [-0.15, -0.1) is 0 Å². The summed E-state index contributed by atoms with van der Waals surface area (Å²) in [5.41, 5.74) is 6.74. The van der Waals surface area contributed by atoms with Crippen LogP contribution in [0.25, 0.3) is 10.9 Å². The third-order valence-electron chi connectivity index (χ3n) is 8.05. The van der Waals surface area contributed by atoms with Gasteiger partial charge in [0.05, 0.1) is 12.7 Å². The minimum Gasteiger partial charge on any atom is -0.497 e. The van der Waals surface area contributed by atoms with Crippen LogP contribution in [0, 0.1) is 0 Å². The number of aromatic nitrogens is 1. The van der Waals surface area contributed by atoms with Crippen LogP contribution in [-0.4, -0.2) is 71.2 Å². The zero-order chi connectivity index (χ0) is 26.2. The van der Waals surface area contributed by atoms with Crippen LogP contribution in [0.3, 0.4) is 0 Å². The number of H-pyrrole nitrogens is 1. The van der Waals surface area contributed by atoms with E-state index in [4.69, 9.17) is 10.5 Å². The van der Waals surface area contributed by atoms with Crippen molar-refractivity contribution in [1.82, 2.24) is 14.8 Å². The van der Waals surface area contributed by atoms with Gasteiger partial charge in [0, 0.05) is 41.8 Å². The van der Waals surface area contributed by atoms with Crippen molar-refractivity contribution in [2.24, 2.45) is 5.73 Å². The number of fused-ring (bicyclic) bond motifs is 1. The first-order valence-corrected chi connectivity index (χ1v) is 14.0. The highest BCUT2D eigenvalue weighted by Crippen LogP contribution is 2.31. The van der Waals surface area contributed by atoms with E-state index in [1.54, 1.807) is 31.5 Å². The Bertz CT molecular complexity index is 1050. The summed E-state index contributed by atoms with van der Waals surface area (Å²) in [5, 5.41) is 0.665. The Kier molecular flexibility index (Phi) is 9.61. The number of ketones is 1. The molecule has 0 radical (unpaired) electrons. The molecule has 1 heterocycles. The molecule has 0 atom stereocenters. The quantitative estimate of drug-likeness (QED) is 0.264. The Morgan fingerprint density at radius 1 is 0.973 bits per heavy atom. The molecule has 2 aromatic rings. The molecule has 0 bridgehead atoms. The fourth-order valence-corrected chi connectivity index (χ4v) is 6.05. The highest BCUT2D eigenvalue weighted by Gasteiger charge is 2.35. The van der Waals surface area contributed by atoms with Gasteiger partial charge in [-0.2, -0.15) is 0 Å². The van der Waals surface area contributed by atoms with Crippen LogP contribution in [0.2, 0.25) is 0 Å². The van der Waals surface area contributed by atoms with E-state index in [0.29, 0.717) is 36.2 Å². The van der Waals surface area contributed by atoms with Gasteiger partial charge in [-0.25, -0.2) is 0 Å². The first-order valence-electron chi connectivity index (χ1n) is 14.0. The molecule has 37 heavy (non-hydrogen) atoms. The molecule has 0 aliphatic heterocycles. The van der Waals surface area contributed by atoms with Gasteiger partial charge in [-0.3, -0.25) is 14.4 Å². The van der Waals surface area contributed by atoms with Crippen molar-refractivity contribution in [2.75, 3.05) is 26.7 Å². The van der Waals surface area contributed by atoms with Crippen LogP contribution in [0.5, 0.6) is 5.75 Å². The average molecular weight is 511 g/mol. The number of hydrogen-bond donors (Lipinski definition) is 2. The van der Waals surface area contributed by atoms with Gasteiger partial charge in [0.25, 0.3) is 11.7 Å². The molecular formula is C29H42N4O4. The zero-order valence-electron chi connectivity index (χ0n) is 22.2. The Labute approximate surface area is 219 Å². The smallest absolute Gasteiger partial charge is 0.295 e. The van der Waals surface area contributed by atoms with Crippen LogP contribution >= 0.6 is 0 Å². The molecule has 1 aromatic heterocycles. The Hall–Kier alpha value is -2.87. The second-order valence-corrected chi connectivity index (χ2v) is 10.6. The molecule has 0 spiro atoms. The summed E-state index contributed by atoms with van der Waals surface area (Å²) >= 11 is 0. The fourth-order valence-electron chi connectivity index (χ4n) is 6.05. The number of nitrogens with zero attached hydrogens (tertiary/aromatic N) is 2. The lowest BCUT2D eigenvalue weighted by Crippen LogP contribution is -2.53. The number of Topliss-reactive ketones (excluding diaryl/α,β-unsaturated/α-hetero) is 1. The molecule has 2 aliphatic carbocycles. The average Bonchev–Trinajstić information content (AvgIpc) is 3.36. The van der Waals surface area contributed by atoms with Gasteiger partial charge in [0.1, 0.15) is 12.3 Å². The van der Waals surface area contributed by atoms with Gasteiger partial charge in [-0.1, -0.05) is 38.5 Å². The summed E-state index contributed by atoms with van der Waals surface area (Å²) in [6.45, 7) is 0.787. The maximum Gasteiger partial charge on any atom is 0.295 e. The number of amides is 2. The lowest BCUT2D eigenvalue weighted by atomic mass is 9.88. The van der Waals surface area contributed by atoms with E-state index in [0.717, 1.165) is 63.3 Å². The van der Waals surface area contributed by atoms with Gasteiger partial charge in [0.2, 0.25) is 5.91 Å². The van der Waals surface area contributed by atoms with Crippen LogP contribution in [-0.2, 0) is 9.59 Å². The molecule has 4 rings (SSSR count). The number of carbonyl (C=O) groups excluding carboxylic acids is 3. The maximum atomic E-state index is 13.9. The third kappa shape index (κ3) is 6.53. The molecule has 8 nitrogen and oxygen atoms in total. The number of aromatic amines is 1. The van der Waals surface area contributed by atoms with Gasteiger partial charge >= 0.3 is 0 Å². The molecule has 2 fully saturated rings. The number of nitrogens with two attached hydrogens (primary N) is 1. The summed E-state index contributed by atoms with van der Waals surface area (Å²) in [7, 11) is 1.58. The Morgan fingerprint density at radius 2 is 1.62 bits per heavy atom. The van der Waals surface area contributed by atoms with Crippen molar-refractivity contribution in [1.29, 1.82) is 0 Å². The zero-order valence-corrected chi connectivity index (χ0v) is 22.2. The van der Waals surface area contributed by atoms with Gasteiger partial charge in [0.15, 0.2) is 0 Å². The highest BCUT2D eigenvalue weighted by molar-refractivity contribution is 6.45. The fraction of sp³-hybridized carbons (Fsp3) is 0.621. The largest absolute Gasteiger partial charge is 0.497 e. The molecule has 2 saturated carbocycles. The van der Waals surface area contributed by atoms with Crippen molar-refractivity contribution in [3.05, 3.63) is 30.0 Å². The lowest BCUT2D eigenvalue weighted by molar-refractivity contribution is -0.143.